The Morgan fingerprint density at radius 2 is 2.22 bits per heavy atom. The lowest BCUT2D eigenvalue weighted by molar-refractivity contribution is 0.253. The molecule has 0 spiro atoms. The van der Waals surface area contributed by atoms with E-state index in [2.05, 4.69) is 10.1 Å². The summed E-state index contributed by atoms with van der Waals surface area (Å²) < 4.78 is 33.9. The van der Waals surface area contributed by atoms with E-state index < -0.39 is 10.0 Å². The maximum absolute atomic E-state index is 12.8. The second-order valence-electron chi connectivity index (χ2n) is 5.33. The smallest absolute Gasteiger partial charge is 0.243 e. The third kappa shape index (κ3) is 3.19. The molecule has 1 aromatic heterocycles. The van der Waals surface area contributed by atoms with Crippen LogP contribution in [0.15, 0.2) is 35.7 Å². The zero-order valence-electron chi connectivity index (χ0n) is 12.6. The fourth-order valence-corrected chi connectivity index (χ4v) is 4.58. The minimum Gasteiger partial charge on any atom is -0.495 e. The number of nitrogens with zero attached hydrogens (tertiary/aromatic N) is 4. The Labute approximate surface area is 139 Å². The molecule has 1 unspecified atom stereocenters. The highest BCUT2D eigenvalue weighted by atomic mass is 35.5. The van der Waals surface area contributed by atoms with Gasteiger partial charge in [-0.05, 0) is 31.0 Å². The van der Waals surface area contributed by atoms with Gasteiger partial charge in [-0.15, -0.1) is 0 Å². The van der Waals surface area contributed by atoms with Crippen LogP contribution < -0.4 is 4.74 Å². The number of aromatic nitrogens is 3. The number of halogens is 1. The Hall–Kier alpha value is -1.64. The number of methoxy groups -OCH3 is 1. The molecular weight excluding hydrogens is 340 g/mol. The molecule has 1 aliphatic heterocycles. The zero-order chi connectivity index (χ0) is 16.4. The second kappa shape index (κ2) is 6.46. The third-order valence-corrected chi connectivity index (χ3v) is 6.09. The van der Waals surface area contributed by atoms with Crippen molar-refractivity contribution in [3.8, 4) is 5.75 Å². The maximum atomic E-state index is 12.8. The van der Waals surface area contributed by atoms with E-state index in [1.54, 1.807) is 17.1 Å². The molecular formula is C14H17ClN4O3S. The number of benzene rings is 1. The first-order chi connectivity index (χ1) is 11.0. The number of hydrogen-bond donors (Lipinski definition) is 0. The molecule has 124 valence electrons. The van der Waals surface area contributed by atoms with Crippen LogP contribution in [0.3, 0.4) is 0 Å². The molecule has 0 bridgehead atoms. The van der Waals surface area contributed by atoms with Crippen molar-refractivity contribution in [1.82, 2.24) is 19.1 Å². The van der Waals surface area contributed by atoms with E-state index in [0.29, 0.717) is 18.8 Å². The maximum Gasteiger partial charge on any atom is 0.243 e. The van der Waals surface area contributed by atoms with Gasteiger partial charge in [-0.25, -0.2) is 18.1 Å². The molecule has 23 heavy (non-hydrogen) atoms. The monoisotopic (exact) mass is 356 g/mol. The summed E-state index contributed by atoms with van der Waals surface area (Å²) in [5, 5.41) is 4.39. The molecule has 1 saturated heterocycles. The molecule has 1 aromatic carbocycles. The molecule has 1 atom stereocenters. The van der Waals surface area contributed by atoms with Gasteiger partial charge in [0, 0.05) is 13.1 Å². The normalized spacial score (nSPS) is 19.7. The molecule has 1 aliphatic rings. The van der Waals surface area contributed by atoms with Crippen LogP contribution in [0.5, 0.6) is 5.75 Å². The van der Waals surface area contributed by atoms with Crippen LogP contribution >= 0.6 is 11.6 Å². The van der Waals surface area contributed by atoms with E-state index in [9.17, 15) is 8.42 Å². The van der Waals surface area contributed by atoms with E-state index in [4.69, 9.17) is 16.3 Å². The highest BCUT2D eigenvalue weighted by Crippen LogP contribution is 2.30. The average Bonchev–Trinajstić information content (AvgIpc) is 3.09. The summed E-state index contributed by atoms with van der Waals surface area (Å²) in [6.45, 7) is 0.854. The molecule has 0 N–H and O–H groups in total. The van der Waals surface area contributed by atoms with Crippen molar-refractivity contribution in [2.24, 2.45) is 0 Å². The zero-order valence-corrected chi connectivity index (χ0v) is 14.2. The van der Waals surface area contributed by atoms with Gasteiger partial charge in [0.25, 0.3) is 0 Å². The van der Waals surface area contributed by atoms with Gasteiger partial charge >= 0.3 is 0 Å². The van der Waals surface area contributed by atoms with Crippen molar-refractivity contribution in [1.29, 1.82) is 0 Å². The lowest BCUT2D eigenvalue weighted by Crippen LogP contribution is -2.40. The van der Waals surface area contributed by atoms with E-state index in [1.807, 2.05) is 0 Å². The van der Waals surface area contributed by atoms with Crippen molar-refractivity contribution in [2.75, 3.05) is 20.2 Å². The summed E-state index contributed by atoms with van der Waals surface area (Å²) >= 11 is 6.05. The minimum atomic E-state index is -3.60. The summed E-state index contributed by atoms with van der Waals surface area (Å²) in [7, 11) is -2.11. The number of ether oxygens (including phenoxy) is 1. The van der Waals surface area contributed by atoms with Gasteiger partial charge in [-0.1, -0.05) is 11.6 Å². The van der Waals surface area contributed by atoms with Crippen LogP contribution in [0.25, 0.3) is 0 Å². The van der Waals surface area contributed by atoms with Gasteiger partial charge in [0.05, 0.1) is 23.1 Å². The fourth-order valence-electron chi connectivity index (χ4n) is 2.72. The predicted molar refractivity (Wildman–Crippen MR) is 85.1 cm³/mol. The molecule has 9 heteroatoms. The number of sulfonamides is 1. The molecule has 0 aliphatic carbocycles. The van der Waals surface area contributed by atoms with Gasteiger partial charge in [0.15, 0.2) is 0 Å². The van der Waals surface area contributed by atoms with Crippen molar-refractivity contribution < 1.29 is 13.2 Å². The minimum absolute atomic E-state index is 0.00487. The number of piperidine rings is 1. The third-order valence-electron chi connectivity index (χ3n) is 3.93. The van der Waals surface area contributed by atoms with Gasteiger partial charge in [0.2, 0.25) is 10.0 Å². The average molecular weight is 357 g/mol. The van der Waals surface area contributed by atoms with E-state index in [-0.39, 0.29) is 16.0 Å². The Morgan fingerprint density at radius 1 is 1.39 bits per heavy atom. The van der Waals surface area contributed by atoms with Crippen molar-refractivity contribution in [3.05, 3.63) is 35.9 Å². The largest absolute Gasteiger partial charge is 0.495 e. The quantitative estimate of drug-likeness (QED) is 0.837. The van der Waals surface area contributed by atoms with Crippen LogP contribution in [0.2, 0.25) is 5.02 Å². The van der Waals surface area contributed by atoms with Crippen molar-refractivity contribution in [2.45, 2.75) is 23.8 Å². The Kier molecular flexibility index (Phi) is 4.56. The number of rotatable bonds is 4. The van der Waals surface area contributed by atoms with Gasteiger partial charge in [-0.2, -0.15) is 9.40 Å². The summed E-state index contributed by atoms with van der Waals surface area (Å²) in [5.41, 5.74) is 0. The lowest BCUT2D eigenvalue weighted by Gasteiger charge is -2.31. The Balaban J connectivity index is 1.85. The Bertz CT molecular complexity index is 779. The second-order valence-corrected chi connectivity index (χ2v) is 7.68. The van der Waals surface area contributed by atoms with Crippen LogP contribution in [-0.4, -0.2) is 47.7 Å². The van der Waals surface area contributed by atoms with Crippen molar-refractivity contribution >= 4 is 21.6 Å². The van der Waals surface area contributed by atoms with Gasteiger partial charge in [-0.3, -0.25) is 0 Å². The molecule has 2 aromatic rings. The highest BCUT2D eigenvalue weighted by Gasteiger charge is 2.31. The standard InChI is InChI=1S/C14H17ClN4O3S/c1-22-14-5-4-12(7-13(14)15)23(20,21)18-6-2-3-11(8-18)19-10-16-9-17-19/h4-5,7,9-11H,2-3,6,8H2,1H3. The van der Waals surface area contributed by atoms with Crippen LogP contribution in [0.4, 0.5) is 0 Å². The molecule has 0 amide bonds. The summed E-state index contributed by atoms with van der Waals surface area (Å²) in [6.07, 6.45) is 4.72. The molecule has 1 fully saturated rings. The van der Waals surface area contributed by atoms with E-state index in [1.165, 1.54) is 29.9 Å². The van der Waals surface area contributed by atoms with Crippen LogP contribution in [-0.2, 0) is 10.0 Å². The first-order valence-corrected chi connectivity index (χ1v) is 9.02. The first kappa shape index (κ1) is 16.2. The summed E-state index contributed by atoms with van der Waals surface area (Å²) in [4.78, 5) is 4.10. The predicted octanol–water partition coefficient (Wildman–Crippen LogP) is 1.97. The molecule has 0 saturated carbocycles. The van der Waals surface area contributed by atoms with Crippen molar-refractivity contribution in [3.63, 3.8) is 0 Å². The number of hydrogen-bond acceptors (Lipinski definition) is 5. The highest BCUT2D eigenvalue weighted by molar-refractivity contribution is 7.89. The van der Waals surface area contributed by atoms with E-state index in [0.717, 1.165) is 12.8 Å². The molecule has 2 heterocycles. The van der Waals surface area contributed by atoms with E-state index >= 15 is 0 Å². The summed E-state index contributed by atoms with van der Waals surface area (Å²) in [5.74, 6) is 0.449. The summed E-state index contributed by atoms with van der Waals surface area (Å²) in [6, 6.07) is 4.50. The van der Waals surface area contributed by atoms with Crippen LogP contribution in [0, 0.1) is 0 Å². The molecule has 7 nitrogen and oxygen atoms in total. The Morgan fingerprint density at radius 3 is 2.87 bits per heavy atom. The van der Waals surface area contributed by atoms with Crippen LogP contribution in [0.1, 0.15) is 18.9 Å². The first-order valence-electron chi connectivity index (χ1n) is 7.20. The van der Waals surface area contributed by atoms with Gasteiger partial charge in [0.1, 0.15) is 18.4 Å². The molecule has 0 radical (unpaired) electrons. The van der Waals surface area contributed by atoms with Gasteiger partial charge < -0.3 is 4.74 Å². The molecule has 3 rings (SSSR count). The SMILES string of the molecule is COc1ccc(S(=O)(=O)N2CCCC(n3cncn3)C2)cc1Cl. The lowest BCUT2D eigenvalue weighted by atomic mass is 10.1. The fraction of sp³-hybridized carbons (Fsp3) is 0.429. The topological polar surface area (TPSA) is 77.3 Å².